The van der Waals surface area contributed by atoms with E-state index in [0.717, 1.165) is 24.1 Å². The normalized spacial score (nSPS) is 17.4. The van der Waals surface area contributed by atoms with E-state index in [1.54, 1.807) is 18.0 Å². The van der Waals surface area contributed by atoms with Gasteiger partial charge in [-0.25, -0.2) is 4.79 Å². The van der Waals surface area contributed by atoms with Crippen LogP contribution in [0.15, 0.2) is 54.6 Å². The highest BCUT2D eigenvalue weighted by Crippen LogP contribution is 2.24. The predicted molar refractivity (Wildman–Crippen MR) is 117 cm³/mol. The zero-order valence-electron chi connectivity index (χ0n) is 17.5. The van der Waals surface area contributed by atoms with E-state index in [1.807, 2.05) is 55.6 Å². The van der Waals surface area contributed by atoms with Crippen LogP contribution in [0.3, 0.4) is 0 Å². The monoisotopic (exact) mass is 410 g/mol. The number of hydrogen-bond donors (Lipinski definition) is 3. The minimum atomic E-state index is -0.299. The number of β-amino-alcohol motifs (C(OH)–C–C–N with tert-alkyl or cyclic N) is 1. The zero-order valence-corrected chi connectivity index (χ0v) is 17.5. The highest BCUT2D eigenvalue weighted by molar-refractivity contribution is 5.89. The highest BCUT2D eigenvalue weighted by atomic mass is 16.3. The van der Waals surface area contributed by atoms with E-state index in [9.17, 15) is 14.7 Å². The van der Waals surface area contributed by atoms with Gasteiger partial charge in [-0.15, -0.1) is 0 Å². The van der Waals surface area contributed by atoms with Crippen molar-refractivity contribution >= 4 is 17.6 Å². The Morgan fingerprint density at radius 1 is 1.20 bits per heavy atom. The van der Waals surface area contributed by atoms with Crippen LogP contribution in [0.5, 0.6) is 0 Å². The van der Waals surface area contributed by atoms with Crippen LogP contribution in [0.2, 0.25) is 0 Å². The second-order valence-corrected chi connectivity index (χ2v) is 7.71. The second-order valence-electron chi connectivity index (χ2n) is 7.71. The van der Waals surface area contributed by atoms with Crippen LogP contribution in [0.4, 0.5) is 10.5 Å². The molecule has 1 saturated heterocycles. The summed E-state index contributed by atoms with van der Waals surface area (Å²) >= 11 is 0. The van der Waals surface area contributed by atoms with E-state index < -0.39 is 0 Å². The molecule has 3 amide bonds. The average Bonchev–Trinajstić information content (AvgIpc) is 3.17. The Kier molecular flexibility index (Phi) is 7.43. The number of hydrogen-bond acceptors (Lipinski definition) is 4. The van der Waals surface area contributed by atoms with Crippen LogP contribution >= 0.6 is 0 Å². The van der Waals surface area contributed by atoms with Crippen LogP contribution in [-0.2, 0) is 11.2 Å². The first-order valence-corrected chi connectivity index (χ1v) is 10.2. The quantitative estimate of drug-likeness (QED) is 0.654. The summed E-state index contributed by atoms with van der Waals surface area (Å²) in [5.74, 6) is 0.000640. The van der Waals surface area contributed by atoms with Gasteiger partial charge in [0, 0.05) is 39.4 Å². The van der Waals surface area contributed by atoms with Crippen molar-refractivity contribution in [3.8, 4) is 0 Å². The Balaban J connectivity index is 1.72. The van der Waals surface area contributed by atoms with Crippen molar-refractivity contribution < 1.29 is 14.7 Å². The molecule has 0 spiro atoms. The number of nitrogens with zero attached hydrogens (tertiary/aromatic N) is 2. The van der Waals surface area contributed by atoms with Crippen molar-refractivity contribution in [2.45, 2.75) is 25.0 Å². The third-order valence-electron chi connectivity index (χ3n) is 5.49. The molecule has 30 heavy (non-hydrogen) atoms. The van der Waals surface area contributed by atoms with Gasteiger partial charge in [-0.2, -0.15) is 0 Å². The Bertz CT molecular complexity index is 859. The van der Waals surface area contributed by atoms with Crippen LogP contribution in [0.25, 0.3) is 0 Å². The molecule has 3 rings (SSSR count). The number of urea groups is 1. The largest absolute Gasteiger partial charge is 0.392 e. The number of carbonyl (C=O) groups is 2. The number of likely N-dealkylation sites (N-methyl/N-ethyl adjacent to an activating group) is 1. The van der Waals surface area contributed by atoms with Gasteiger partial charge in [-0.05, 0) is 29.7 Å². The van der Waals surface area contributed by atoms with Gasteiger partial charge in [0.05, 0.1) is 18.6 Å². The molecule has 0 radical (unpaired) electrons. The number of rotatable bonds is 7. The zero-order chi connectivity index (χ0) is 21.5. The Labute approximate surface area is 177 Å². The lowest BCUT2D eigenvalue weighted by molar-refractivity contribution is -0.131. The van der Waals surface area contributed by atoms with Crippen LogP contribution in [-0.4, -0.2) is 66.7 Å². The smallest absolute Gasteiger partial charge is 0.318 e. The standard InChI is InChI=1S/C23H30N4O3/c1-24-23(30)25-19-10-6-7-17(13-19)14-22(29)26(2)21(18-8-4-3-5-9-18)16-27-12-11-20(28)15-27/h3-10,13,20-21,28H,11-12,14-16H2,1-2H3,(H2,24,25,30). The summed E-state index contributed by atoms with van der Waals surface area (Å²) < 4.78 is 0. The molecule has 1 fully saturated rings. The average molecular weight is 411 g/mol. The number of aliphatic hydroxyl groups is 1. The number of nitrogens with one attached hydrogen (secondary N) is 2. The number of anilines is 1. The fourth-order valence-corrected chi connectivity index (χ4v) is 3.78. The van der Waals surface area contributed by atoms with Crippen molar-refractivity contribution in [1.82, 2.24) is 15.1 Å². The molecule has 0 aliphatic carbocycles. The molecule has 1 aliphatic heterocycles. The van der Waals surface area contributed by atoms with Gasteiger partial charge in [0.25, 0.3) is 0 Å². The molecule has 7 nitrogen and oxygen atoms in total. The lowest BCUT2D eigenvalue weighted by Gasteiger charge is -2.32. The molecule has 160 valence electrons. The Hall–Kier alpha value is -2.90. The molecular formula is C23H30N4O3. The number of benzene rings is 2. The summed E-state index contributed by atoms with van der Waals surface area (Å²) in [6, 6.07) is 16.9. The molecular weight excluding hydrogens is 380 g/mol. The van der Waals surface area contributed by atoms with Crippen LogP contribution in [0, 0.1) is 0 Å². The maximum Gasteiger partial charge on any atom is 0.318 e. The molecule has 1 aliphatic rings. The molecule has 2 unspecified atom stereocenters. The van der Waals surface area contributed by atoms with E-state index in [1.165, 1.54) is 0 Å². The highest BCUT2D eigenvalue weighted by Gasteiger charge is 2.28. The van der Waals surface area contributed by atoms with Crippen molar-refractivity contribution in [2.75, 3.05) is 39.0 Å². The molecule has 3 N–H and O–H groups in total. The Morgan fingerprint density at radius 2 is 1.97 bits per heavy atom. The topological polar surface area (TPSA) is 84.9 Å². The van der Waals surface area contributed by atoms with Crippen molar-refractivity contribution in [1.29, 1.82) is 0 Å². The van der Waals surface area contributed by atoms with E-state index >= 15 is 0 Å². The third-order valence-corrected chi connectivity index (χ3v) is 5.49. The first-order valence-electron chi connectivity index (χ1n) is 10.2. The van der Waals surface area contributed by atoms with E-state index in [0.29, 0.717) is 18.8 Å². The van der Waals surface area contributed by atoms with Crippen LogP contribution < -0.4 is 10.6 Å². The van der Waals surface area contributed by atoms with Gasteiger partial charge in [0.2, 0.25) is 5.91 Å². The first-order chi connectivity index (χ1) is 14.5. The molecule has 7 heteroatoms. The summed E-state index contributed by atoms with van der Waals surface area (Å²) in [6.45, 7) is 2.15. The molecule has 1 heterocycles. The number of amides is 3. The van der Waals surface area contributed by atoms with Gasteiger partial charge in [-0.3, -0.25) is 9.69 Å². The van der Waals surface area contributed by atoms with Crippen molar-refractivity contribution in [3.05, 3.63) is 65.7 Å². The fourth-order valence-electron chi connectivity index (χ4n) is 3.78. The molecule has 2 aromatic carbocycles. The summed E-state index contributed by atoms with van der Waals surface area (Å²) in [5.41, 5.74) is 2.56. The molecule has 0 bridgehead atoms. The summed E-state index contributed by atoms with van der Waals surface area (Å²) in [4.78, 5) is 28.6. The molecule has 2 atom stereocenters. The third kappa shape index (κ3) is 5.81. The van der Waals surface area contributed by atoms with Crippen LogP contribution in [0.1, 0.15) is 23.6 Å². The van der Waals surface area contributed by atoms with Crippen molar-refractivity contribution in [2.24, 2.45) is 0 Å². The van der Waals surface area contributed by atoms with Gasteiger partial charge in [-0.1, -0.05) is 42.5 Å². The lowest BCUT2D eigenvalue weighted by Crippen LogP contribution is -2.39. The lowest BCUT2D eigenvalue weighted by atomic mass is 10.0. The minimum Gasteiger partial charge on any atom is -0.392 e. The Morgan fingerprint density at radius 3 is 2.63 bits per heavy atom. The predicted octanol–water partition coefficient (Wildman–Crippen LogP) is 2.25. The minimum absolute atomic E-state index is 0.000640. The van der Waals surface area contributed by atoms with E-state index in [-0.39, 0.29) is 30.5 Å². The van der Waals surface area contributed by atoms with Gasteiger partial charge in [0.15, 0.2) is 0 Å². The first kappa shape index (κ1) is 21.8. The molecule has 0 saturated carbocycles. The maximum absolute atomic E-state index is 13.1. The number of likely N-dealkylation sites (tertiary alicyclic amines) is 1. The second kappa shape index (κ2) is 10.2. The fraction of sp³-hybridized carbons (Fsp3) is 0.391. The van der Waals surface area contributed by atoms with Gasteiger partial charge in [0.1, 0.15) is 0 Å². The molecule has 0 aromatic heterocycles. The summed E-state index contributed by atoms with van der Waals surface area (Å²) in [7, 11) is 3.39. The number of carbonyl (C=O) groups excluding carboxylic acids is 2. The van der Waals surface area contributed by atoms with Crippen molar-refractivity contribution in [3.63, 3.8) is 0 Å². The molecule has 2 aromatic rings. The maximum atomic E-state index is 13.1. The van der Waals surface area contributed by atoms with E-state index in [2.05, 4.69) is 15.5 Å². The van der Waals surface area contributed by atoms with Gasteiger partial charge < -0.3 is 20.6 Å². The van der Waals surface area contributed by atoms with Gasteiger partial charge >= 0.3 is 6.03 Å². The summed E-state index contributed by atoms with van der Waals surface area (Å²) in [6.07, 6.45) is 0.716. The summed E-state index contributed by atoms with van der Waals surface area (Å²) in [5, 5.41) is 15.1. The van der Waals surface area contributed by atoms with E-state index in [4.69, 9.17) is 0 Å². The SMILES string of the molecule is CNC(=O)Nc1cccc(CC(=O)N(C)C(CN2CCC(O)C2)c2ccccc2)c1. The number of aliphatic hydroxyl groups excluding tert-OH is 1.